The molecule has 6 rings (SSSR count). The van der Waals surface area contributed by atoms with Crippen LogP contribution in [0.1, 0.15) is 53.2 Å². The topological polar surface area (TPSA) is 108 Å². The van der Waals surface area contributed by atoms with Gasteiger partial charge in [-0.2, -0.15) is 0 Å². The van der Waals surface area contributed by atoms with Crippen LogP contribution in [0, 0.1) is 5.82 Å². The van der Waals surface area contributed by atoms with E-state index in [1.54, 1.807) is 74.8 Å². The molecule has 0 saturated carbocycles. The van der Waals surface area contributed by atoms with Crippen LogP contribution in [0.15, 0.2) is 109 Å². The second-order valence-electron chi connectivity index (χ2n) is 13.8. The molecule has 2 unspecified atom stereocenters. The number of methoxy groups -OCH3 is 3. The maximum Gasteiger partial charge on any atom is 0.257 e. The van der Waals surface area contributed by atoms with Crippen molar-refractivity contribution in [2.45, 2.75) is 51.0 Å². The molecule has 5 aromatic carbocycles. The molecule has 2 N–H and O–H groups in total. The van der Waals surface area contributed by atoms with Gasteiger partial charge in [-0.25, -0.2) is 4.39 Å². The number of fused-ring (bicyclic) bond motifs is 1. The van der Waals surface area contributed by atoms with Gasteiger partial charge in [-0.1, -0.05) is 72.3 Å². The van der Waals surface area contributed by atoms with E-state index in [-0.39, 0.29) is 31.9 Å². The predicted octanol–water partition coefficient (Wildman–Crippen LogP) is 8.65. The number of hydrogen-bond acceptors (Lipinski definition) is 8. The van der Waals surface area contributed by atoms with Crippen molar-refractivity contribution in [2.24, 2.45) is 0 Å². The Morgan fingerprint density at radius 2 is 1.59 bits per heavy atom. The van der Waals surface area contributed by atoms with Gasteiger partial charge in [0.15, 0.2) is 11.5 Å². The molecule has 5 aromatic rings. The predicted molar refractivity (Wildman–Crippen MR) is 230 cm³/mol. The summed E-state index contributed by atoms with van der Waals surface area (Å²) in [6.45, 7) is 2.13. The van der Waals surface area contributed by atoms with Gasteiger partial charge in [0.25, 0.3) is 5.91 Å². The number of halogens is 3. The number of aryl methyl sites for hydroxylation is 1. The molecule has 312 valence electrons. The standard InChI is InChI=1S/C46H49ClFN3O7.ClH/c1-54-35-21-19-33(41(27-35)55-2)30-51-39-22-20-34(47)26-37(39)44(58-42(46(51)53)28-43(52)50-29-32-15-7-8-17-38(32)48)36-16-9-18-40(45(36)56-3)57-25-11-24-49-23-10-14-31-12-5-4-6-13-31;/h4-9,12-13,15-22,26-27,42,44,49H,10-11,14,23-25,28-30H2,1-3H3,(H,50,52);1H. The quantitative estimate of drug-likeness (QED) is 0.0797. The fourth-order valence-electron chi connectivity index (χ4n) is 6.98. The number of hydrogen-bond donors (Lipinski definition) is 2. The molecule has 10 nitrogen and oxygen atoms in total. The summed E-state index contributed by atoms with van der Waals surface area (Å²) in [5.74, 6) is 0.627. The lowest BCUT2D eigenvalue weighted by Gasteiger charge is -2.26. The third-order valence-electron chi connectivity index (χ3n) is 9.95. The number of anilines is 1. The second kappa shape index (κ2) is 22.2. The zero-order chi connectivity index (χ0) is 40.9. The van der Waals surface area contributed by atoms with E-state index in [0.717, 1.165) is 32.4 Å². The van der Waals surface area contributed by atoms with E-state index in [4.69, 9.17) is 35.3 Å². The number of carbonyl (C=O) groups excluding carboxylic acids is 2. The molecule has 0 fully saturated rings. The van der Waals surface area contributed by atoms with Gasteiger partial charge >= 0.3 is 0 Å². The van der Waals surface area contributed by atoms with Crippen LogP contribution in [0.3, 0.4) is 0 Å². The van der Waals surface area contributed by atoms with E-state index in [0.29, 0.717) is 62.6 Å². The molecule has 0 bridgehead atoms. The molecule has 0 aliphatic carbocycles. The van der Waals surface area contributed by atoms with Gasteiger partial charge in [0.05, 0.1) is 46.6 Å². The van der Waals surface area contributed by atoms with Crippen molar-refractivity contribution < 1.29 is 37.7 Å². The Morgan fingerprint density at radius 1 is 0.814 bits per heavy atom. The highest BCUT2D eigenvalue weighted by molar-refractivity contribution is 6.30. The lowest BCUT2D eigenvalue weighted by Crippen LogP contribution is -2.41. The summed E-state index contributed by atoms with van der Waals surface area (Å²) in [7, 11) is 4.66. The summed E-state index contributed by atoms with van der Waals surface area (Å²) in [6, 6.07) is 32.7. The van der Waals surface area contributed by atoms with Crippen molar-refractivity contribution in [3.05, 3.63) is 148 Å². The Balaban J connectivity index is 0.00000661. The van der Waals surface area contributed by atoms with Crippen LogP contribution >= 0.6 is 24.0 Å². The average Bonchev–Trinajstić information content (AvgIpc) is 3.35. The summed E-state index contributed by atoms with van der Waals surface area (Å²) in [4.78, 5) is 29.8. The average molecular weight is 847 g/mol. The van der Waals surface area contributed by atoms with Crippen molar-refractivity contribution in [2.75, 3.05) is 45.9 Å². The number of benzene rings is 5. The largest absolute Gasteiger partial charge is 0.497 e. The van der Waals surface area contributed by atoms with E-state index in [1.807, 2.05) is 30.3 Å². The van der Waals surface area contributed by atoms with E-state index < -0.39 is 29.8 Å². The monoisotopic (exact) mass is 845 g/mol. The van der Waals surface area contributed by atoms with Crippen molar-refractivity contribution >= 4 is 41.5 Å². The molecule has 0 saturated heterocycles. The van der Waals surface area contributed by atoms with Crippen molar-refractivity contribution in [1.29, 1.82) is 0 Å². The molecule has 0 spiro atoms. The smallest absolute Gasteiger partial charge is 0.257 e. The van der Waals surface area contributed by atoms with E-state index in [2.05, 4.69) is 34.9 Å². The summed E-state index contributed by atoms with van der Waals surface area (Å²) in [6.07, 6.45) is 0.273. The first-order valence-corrected chi connectivity index (χ1v) is 19.7. The molecular weight excluding hydrogens is 796 g/mol. The number of carbonyl (C=O) groups is 2. The number of nitrogens with zero attached hydrogens (tertiary/aromatic N) is 1. The highest BCUT2D eigenvalue weighted by atomic mass is 35.5. The summed E-state index contributed by atoms with van der Waals surface area (Å²) < 4.78 is 44.5. The van der Waals surface area contributed by atoms with Crippen LogP contribution in [-0.4, -0.2) is 58.9 Å². The highest BCUT2D eigenvalue weighted by Gasteiger charge is 2.39. The molecule has 1 aliphatic heterocycles. The van der Waals surface area contributed by atoms with Crippen LogP contribution in [0.25, 0.3) is 0 Å². The van der Waals surface area contributed by atoms with Crippen molar-refractivity contribution in [1.82, 2.24) is 10.6 Å². The minimum absolute atomic E-state index is 0. The fourth-order valence-corrected chi connectivity index (χ4v) is 7.16. The van der Waals surface area contributed by atoms with Crippen LogP contribution in [-0.2, 0) is 33.8 Å². The molecule has 0 aromatic heterocycles. The third kappa shape index (κ3) is 11.7. The molecule has 1 heterocycles. The fraction of sp³-hybridized carbons (Fsp3) is 0.304. The summed E-state index contributed by atoms with van der Waals surface area (Å²) >= 11 is 6.66. The summed E-state index contributed by atoms with van der Waals surface area (Å²) in [5.41, 5.74) is 4.02. The number of amides is 2. The van der Waals surface area contributed by atoms with Gasteiger partial charge in [0.1, 0.15) is 29.5 Å². The first-order chi connectivity index (χ1) is 28.3. The molecule has 2 atom stereocenters. The van der Waals surface area contributed by atoms with Gasteiger partial charge in [-0.15, -0.1) is 12.4 Å². The van der Waals surface area contributed by atoms with Gasteiger partial charge in [0, 0.05) is 39.9 Å². The highest BCUT2D eigenvalue weighted by Crippen LogP contribution is 2.46. The van der Waals surface area contributed by atoms with Crippen LogP contribution in [0.5, 0.6) is 23.0 Å². The Labute approximate surface area is 356 Å². The van der Waals surface area contributed by atoms with Crippen molar-refractivity contribution in [3.63, 3.8) is 0 Å². The number of nitrogens with one attached hydrogen (secondary N) is 2. The lowest BCUT2D eigenvalue weighted by molar-refractivity contribution is -0.138. The molecule has 59 heavy (non-hydrogen) atoms. The van der Waals surface area contributed by atoms with Gasteiger partial charge in [0.2, 0.25) is 5.91 Å². The molecule has 2 amide bonds. The summed E-state index contributed by atoms with van der Waals surface area (Å²) in [5, 5.41) is 6.67. The van der Waals surface area contributed by atoms with E-state index in [9.17, 15) is 14.0 Å². The number of rotatable bonds is 19. The van der Waals surface area contributed by atoms with Crippen LogP contribution < -0.4 is 34.5 Å². The van der Waals surface area contributed by atoms with Gasteiger partial charge < -0.3 is 39.2 Å². The Hall–Kier alpha value is -5.33. The molecule has 13 heteroatoms. The Morgan fingerprint density at radius 3 is 2.36 bits per heavy atom. The van der Waals surface area contributed by atoms with Gasteiger partial charge in [-0.3, -0.25) is 9.59 Å². The first-order valence-electron chi connectivity index (χ1n) is 19.3. The SMILES string of the molecule is COc1ccc(CN2C(=O)C(CC(=O)NCc3ccccc3F)OC(c3cccc(OCCCNCCCc4ccccc4)c3OC)c3cc(Cl)ccc32)c(OC)c1.Cl. The normalized spacial score (nSPS) is 14.7. The molecular formula is C46H50Cl2FN3O7. The van der Waals surface area contributed by atoms with Gasteiger partial charge in [-0.05, 0) is 80.4 Å². The second-order valence-corrected chi connectivity index (χ2v) is 14.2. The Bertz CT molecular complexity index is 2160. The maximum absolute atomic E-state index is 14.7. The maximum atomic E-state index is 14.7. The van der Waals surface area contributed by atoms with Crippen molar-refractivity contribution in [3.8, 4) is 23.0 Å². The minimum Gasteiger partial charge on any atom is -0.497 e. The zero-order valence-corrected chi connectivity index (χ0v) is 35.0. The number of ether oxygens (including phenoxy) is 5. The Kier molecular flexibility index (Phi) is 16.8. The van der Waals surface area contributed by atoms with E-state index >= 15 is 0 Å². The van der Waals surface area contributed by atoms with Crippen LogP contribution in [0.4, 0.5) is 10.1 Å². The zero-order valence-electron chi connectivity index (χ0n) is 33.4. The van der Waals surface area contributed by atoms with Crippen LogP contribution in [0.2, 0.25) is 5.02 Å². The number of para-hydroxylation sites is 1. The first kappa shape index (κ1) is 44.8. The van der Waals surface area contributed by atoms with E-state index in [1.165, 1.54) is 11.6 Å². The third-order valence-corrected chi connectivity index (χ3v) is 10.2. The molecule has 1 aliphatic rings. The minimum atomic E-state index is -1.27. The molecule has 0 radical (unpaired) electrons. The lowest BCUT2D eigenvalue weighted by atomic mass is 9.97.